The Labute approximate surface area is 205 Å². The lowest BCUT2D eigenvalue weighted by Crippen LogP contribution is -2.38. The number of aromatic nitrogens is 2. The molecule has 0 spiro atoms. The van der Waals surface area contributed by atoms with Gasteiger partial charge < -0.3 is 15.2 Å². The molecule has 4 rings (SSSR count). The predicted molar refractivity (Wildman–Crippen MR) is 138 cm³/mol. The molecule has 0 radical (unpaired) electrons. The third kappa shape index (κ3) is 5.81. The maximum absolute atomic E-state index is 13.0. The average molecular weight is 481 g/mol. The number of carbonyl (C=O) groups is 1. The summed E-state index contributed by atoms with van der Waals surface area (Å²) < 4.78 is 1.96. The monoisotopic (exact) mass is 480 g/mol. The normalized spacial score (nSPS) is 14.2. The number of nitrogens with zero attached hydrogens (tertiary/aromatic N) is 2. The molecule has 2 heterocycles. The third-order valence-electron chi connectivity index (χ3n) is 6.23. The number of thiocarbonyl (C=S) groups is 1. The number of halogens is 1. The van der Waals surface area contributed by atoms with Gasteiger partial charge in [0.1, 0.15) is 0 Å². The minimum absolute atomic E-state index is 0.00981. The van der Waals surface area contributed by atoms with E-state index in [1.54, 1.807) is 30.5 Å². The van der Waals surface area contributed by atoms with Gasteiger partial charge in [0, 0.05) is 41.5 Å². The summed E-state index contributed by atoms with van der Waals surface area (Å²) in [7, 11) is 1.93. The van der Waals surface area contributed by atoms with Crippen LogP contribution in [0.1, 0.15) is 65.1 Å². The van der Waals surface area contributed by atoms with Gasteiger partial charge in [-0.25, -0.2) is 0 Å². The topological polar surface area (TPSA) is 59.0 Å². The van der Waals surface area contributed by atoms with Crippen LogP contribution in [-0.4, -0.2) is 26.5 Å². The Bertz CT molecular complexity index is 1130. The van der Waals surface area contributed by atoms with Crippen LogP contribution in [0.25, 0.3) is 0 Å². The van der Waals surface area contributed by atoms with Crippen LogP contribution < -0.4 is 10.6 Å². The van der Waals surface area contributed by atoms with Crippen LogP contribution in [0.2, 0.25) is 5.02 Å². The molecule has 2 N–H and O–H groups in total. The lowest BCUT2D eigenvalue weighted by Gasteiger charge is -2.24. The van der Waals surface area contributed by atoms with E-state index in [4.69, 9.17) is 23.8 Å². The number of nitrogens with one attached hydrogen (secondary N) is 2. The highest BCUT2D eigenvalue weighted by molar-refractivity contribution is 7.80. The van der Waals surface area contributed by atoms with Crippen molar-refractivity contribution in [3.05, 3.63) is 81.9 Å². The molecular formula is C26H29ClN4OS. The van der Waals surface area contributed by atoms with Gasteiger partial charge in [-0.05, 0) is 80.0 Å². The fraction of sp³-hybridized carbons (Fsp3) is 0.346. The van der Waals surface area contributed by atoms with Crippen molar-refractivity contribution in [1.29, 1.82) is 0 Å². The van der Waals surface area contributed by atoms with Gasteiger partial charge in [0.2, 0.25) is 5.78 Å². The summed E-state index contributed by atoms with van der Waals surface area (Å²) in [6, 6.07) is 13.5. The van der Waals surface area contributed by atoms with Crippen molar-refractivity contribution >= 4 is 40.4 Å². The number of hydrogen-bond acceptors (Lipinski definition) is 3. The van der Waals surface area contributed by atoms with Gasteiger partial charge in [0.05, 0.1) is 17.6 Å². The Morgan fingerprint density at radius 3 is 2.55 bits per heavy atom. The molecule has 172 valence electrons. The number of pyridine rings is 1. The summed E-state index contributed by atoms with van der Waals surface area (Å²) in [5, 5.41) is 7.92. The Balaban J connectivity index is 1.41. The van der Waals surface area contributed by atoms with Gasteiger partial charge in [-0.1, -0.05) is 30.9 Å². The first kappa shape index (κ1) is 23.5. The minimum Gasteiger partial charge on any atom is -0.360 e. The Kier molecular flexibility index (Phi) is 7.46. The molecule has 1 saturated carbocycles. The fourth-order valence-corrected chi connectivity index (χ4v) is 4.86. The van der Waals surface area contributed by atoms with E-state index in [2.05, 4.69) is 21.7 Å². The number of anilines is 1. The van der Waals surface area contributed by atoms with Crippen LogP contribution >= 0.6 is 23.8 Å². The second-order valence-corrected chi connectivity index (χ2v) is 9.56. The van der Waals surface area contributed by atoms with Gasteiger partial charge in [-0.15, -0.1) is 0 Å². The molecular weight excluding hydrogens is 452 g/mol. The number of rotatable bonds is 6. The zero-order valence-electron chi connectivity index (χ0n) is 19.0. The number of benzene rings is 1. The van der Waals surface area contributed by atoms with Gasteiger partial charge in [-0.2, -0.15) is 0 Å². The highest BCUT2D eigenvalue weighted by atomic mass is 35.5. The molecule has 0 unspecified atom stereocenters. The highest BCUT2D eigenvalue weighted by Crippen LogP contribution is 2.22. The first-order chi connectivity index (χ1) is 15.9. The fourth-order valence-electron chi connectivity index (χ4n) is 4.45. The molecule has 0 bridgehead atoms. The molecule has 5 nitrogen and oxygen atoms in total. The van der Waals surface area contributed by atoms with E-state index in [0.29, 0.717) is 33.9 Å². The maximum Gasteiger partial charge on any atom is 0.209 e. The first-order valence-corrected chi connectivity index (χ1v) is 12.2. The van der Waals surface area contributed by atoms with E-state index in [1.807, 2.05) is 30.7 Å². The van der Waals surface area contributed by atoms with E-state index in [0.717, 1.165) is 22.6 Å². The molecule has 1 aliphatic carbocycles. The summed E-state index contributed by atoms with van der Waals surface area (Å²) in [5.41, 5.74) is 5.09. The summed E-state index contributed by atoms with van der Waals surface area (Å²) in [6.45, 7) is 1.97. The Hall–Kier alpha value is -2.70. The van der Waals surface area contributed by atoms with Crippen molar-refractivity contribution in [1.82, 2.24) is 14.9 Å². The quantitative estimate of drug-likeness (QED) is 0.343. The highest BCUT2D eigenvalue weighted by Gasteiger charge is 2.19. The molecule has 0 saturated heterocycles. The van der Waals surface area contributed by atoms with Crippen molar-refractivity contribution in [3.8, 4) is 0 Å². The molecule has 33 heavy (non-hydrogen) atoms. The SMILES string of the molecule is Cc1cc(Cc2ccc(NC(=S)NC3CCCCC3)cn2)n(C)c1C(=O)c1ccc(Cl)cc1. The van der Waals surface area contributed by atoms with Crippen LogP contribution in [0.4, 0.5) is 5.69 Å². The number of ketones is 1. The van der Waals surface area contributed by atoms with Crippen molar-refractivity contribution in [3.63, 3.8) is 0 Å². The molecule has 2 aromatic heterocycles. The standard InChI is InChI=1S/C26H29ClN4OS/c1-17-14-23(31(2)24(17)25(32)18-8-10-19(27)11-9-18)15-21-12-13-22(16-28-21)30-26(33)29-20-6-4-3-5-7-20/h8-14,16,20H,3-7,15H2,1-2H3,(H2,29,30,33). The number of aryl methyl sites for hydroxylation is 1. The Morgan fingerprint density at radius 1 is 1.15 bits per heavy atom. The summed E-state index contributed by atoms with van der Waals surface area (Å²) in [4.78, 5) is 17.7. The third-order valence-corrected chi connectivity index (χ3v) is 6.70. The molecule has 0 amide bonds. The van der Waals surface area contributed by atoms with E-state index in [-0.39, 0.29) is 5.78 Å². The van der Waals surface area contributed by atoms with Crippen LogP contribution in [-0.2, 0) is 13.5 Å². The van der Waals surface area contributed by atoms with Gasteiger partial charge in [0.25, 0.3) is 0 Å². The molecule has 1 aliphatic rings. The van der Waals surface area contributed by atoms with Gasteiger partial charge >= 0.3 is 0 Å². The average Bonchev–Trinajstić information content (AvgIpc) is 3.08. The minimum atomic E-state index is -0.00981. The number of hydrogen-bond donors (Lipinski definition) is 2. The second kappa shape index (κ2) is 10.5. The van der Waals surface area contributed by atoms with E-state index in [1.165, 1.54) is 32.1 Å². The first-order valence-electron chi connectivity index (χ1n) is 11.4. The molecule has 0 atom stereocenters. The van der Waals surface area contributed by atoms with Crippen molar-refractivity contribution < 1.29 is 4.79 Å². The predicted octanol–water partition coefficient (Wildman–Crippen LogP) is 5.82. The van der Waals surface area contributed by atoms with E-state index >= 15 is 0 Å². The van der Waals surface area contributed by atoms with Crippen LogP contribution in [0.5, 0.6) is 0 Å². The summed E-state index contributed by atoms with van der Waals surface area (Å²) >= 11 is 11.4. The van der Waals surface area contributed by atoms with E-state index < -0.39 is 0 Å². The lowest BCUT2D eigenvalue weighted by atomic mass is 9.96. The molecule has 1 fully saturated rings. The molecule has 0 aliphatic heterocycles. The summed E-state index contributed by atoms with van der Waals surface area (Å²) in [5.74, 6) is -0.00981. The van der Waals surface area contributed by atoms with Crippen LogP contribution in [0.15, 0.2) is 48.7 Å². The molecule has 7 heteroatoms. The number of carbonyl (C=O) groups excluding carboxylic acids is 1. The largest absolute Gasteiger partial charge is 0.360 e. The zero-order valence-corrected chi connectivity index (χ0v) is 20.6. The van der Waals surface area contributed by atoms with Crippen molar-refractivity contribution in [2.45, 2.75) is 51.5 Å². The second-order valence-electron chi connectivity index (χ2n) is 8.71. The van der Waals surface area contributed by atoms with Crippen molar-refractivity contribution in [2.75, 3.05) is 5.32 Å². The molecule has 3 aromatic rings. The summed E-state index contributed by atoms with van der Waals surface area (Å²) in [6.07, 6.45) is 8.65. The van der Waals surface area contributed by atoms with Crippen LogP contribution in [0, 0.1) is 6.92 Å². The molecule has 1 aromatic carbocycles. The van der Waals surface area contributed by atoms with Crippen molar-refractivity contribution in [2.24, 2.45) is 7.05 Å². The smallest absolute Gasteiger partial charge is 0.209 e. The van der Waals surface area contributed by atoms with E-state index in [9.17, 15) is 4.79 Å². The lowest BCUT2D eigenvalue weighted by molar-refractivity contribution is 0.103. The van der Waals surface area contributed by atoms with Gasteiger partial charge in [0.15, 0.2) is 5.11 Å². The van der Waals surface area contributed by atoms with Gasteiger partial charge in [-0.3, -0.25) is 9.78 Å². The maximum atomic E-state index is 13.0. The Morgan fingerprint density at radius 2 is 1.88 bits per heavy atom. The zero-order chi connectivity index (χ0) is 23.4. The van der Waals surface area contributed by atoms with Crippen LogP contribution in [0.3, 0.4) is 0 Å².